The molecule has 1 saturated carbocycles. The van der Waals surface area contributed by atoms with Crippen molar-refractivity contribution >= 4 is 5.91 Å². The highest BCUT2D eigenvalue weighted by atomic mass is 19.4. The Bertz CT molecular complexity index is 1090. The Kier molecular flexibility index (Phi) is 6.93. The van der Waals surface area contributed by atoms with Gasteiger partial charge in [0.15, 0.2) is 0 Å². The van der Waals surface area contributed by atoms with Gasteiger partial charge in [0.1, 0.15) is 0 Å². The Labute approximate surface area is 204 Å². The van der Waals surface area contributed by atoms with Crippen LogP contribution in [0.25, 0.3) is 11.3 Å². The second-order valence-corrected chi connectivity index (χ2v) is 9.88. The van der Waals surface area contributed by atoms with E-state index in [4.69, 9.17) is 4.74 Å². The van der Waals surface area contributed by atoms with Crippen molar-refractivity contribution in [2.45, 2.75) is 70.1 Å². The van der Waals surface area contributed by atoms with Gasteiger partial charge in [-0.1, -0.05) is 0 Å². The molecule has 2 atom stereocenters. The molecule has 0 radical (unpaired) electrons. The Morgan fingerprint density at radius 1 is 1.06 bits per heavy atom. The van der Waals surface area contributed by atoms with E-state index in [0.717, 1.165) is 19.3 Å². The lowest BCUT2D eigenvalue weighted by atomic mass is 10.0. The van der Waals surface area contributed by atoms with Crippen LogP contribution in [0, 0.1) is 12.8 Å². The number of hydrogen-bond donors (Lipinski definition) is 2. The van der Waals surface area contributed by atoms with Crippen molar-refractivity contribution in [1.29, 1.82) is 0 Å². The van der Waals surface area contributed by atoms with Gasteiger partial charge in [-0.25, -0.2) is 0 Å². The smallest absolute Gasteiger partial charge is 0.388 e. The maximum atomic E-state index is 13.5. The number of nitrogens with zero attached hydrogens (tertiary/aromatic N) is 1. The van der Waals surface area contributed by atoms with E-state index < -0.39 is 35.0 Å². The molecular weight excluding hydrogens is 490 g/mol. The van der Waals surface area contributed by atoms with Crippen molar-refractivity contribution < 1.29 is 41.0 Å². The van der Waals surface area contributed by atoms with Gasteiger partial charge in [0.05, 0.1) is 28.4 Å². The number of alkyl halides is 6. The third-order valence-corrected chi connectivity index (χ3v) is 6.97. The summed E-state index contributed by atoms with van der Waals surface area (Å²) in [5.74, 6) is -0.492. The van der Waals surface area contributed by atoms with E-state index in [1.54, 1.807) is 18.4 Å². The normalized spacial score (nSPS) is 20.4. The van der Waals surface area contributed by atoms with E-state index in [0.29, 0.717) is 30.9 Å². The van der Waals surface area contributed by atoms with Gasteiger partial charge in [0, 0.05) is 31.1 Å². The van der Waals surface area contributed by atoms with Crippen LogP contribution in [-0.4, -0.2) is 40.4 Å². The van der Waals surface area contributed by atoms with Gasteiger partial charge in [-0.2, -0.15) is 26.3 Å². The zero-order chi connectivity index (χ0) is 26.5. The maximum absolute atomic E-state index is 13.5. The summed E-state index contributed by atoms with van der Waals surface area (Å²) < 4.78 is 88.1. The highest BCUT2D eigenvalue weighted by Gasteiger charge is 2.40. The fourth-order valence-corrected chi connectivity index (χ4v) is 4.65. The monoisotopic (exact) mass is 518 g/mol. The second kappa shape index (κ2) is 9.41. The van der Waals surface area contributed by atoms with Gasteiger partial charge in [0.25, 0.3) is 5.91 Å². The Hall–Kier alpha value is -2.53. The number of aromatic nitrogens is 1. The first-order chi connectivity index (χ1) is 16.7. The van der Waals surface area contributed by atoms with E-state index in [-0.39, 0.29) is 48.0 Å². The lowest BCUT2D eigenvalue weighted by Gasteiger charge is -2.23. The summed E-state index contributed by atoms with van der Waals surface area (Å²) >= 11 is 0. The summed E-state index contributed by atoms with van der Waals surface area (Å²) in [6.45, 7) is 3.86. The molecule has 5 nitrogen and oxygen atoms in total. The number of nitrogens with one attached hydrogen (secondary N) is 1. The number of benzene rings is 1. The molecule has 1 aliphatic carbocycles. The standard InChI is InChI=1S/C25H28F6N2O3/c1-14-20(22(34)32-13-23(2,35)16-5-6-16)11-21(33(14)12-19-4-3-7-36-19)15-8-17(24(26,27)28)10-18(9-15)25(29,30)31/h8-11,16,19,35H,3-7,12-13H2,1-2H3,(H,32,34)/t19-,23?/m1/s1. The second-order valence-electron chi connectivity index (χ2n) is 9.88. The van der Waals surface area contributed by atoms with Crippen molar-refractivity contribution in [1.82, 2.24) is 9.88 Å². The molecule has 2 aliphatic rings. The molecule has 0 bridgehead atoms. The minimum Gasteiger partial charge on any atom is -0.388 e. The summed E-state index contributed by atoms with van der Waals surface area (Å²) in [6, 6.07) is 2.71. The third-order valence-electron chi connectivity index (χ3n) is 6.97. The van der Waals surface area contributed by atoms with Crippen LogP contribution in [0.2, 0.25) is 0 Å². The van der Waals surface area contributed by atoms with Gasteiger partial charge < -0.3 is 19.7 Å². The van der Waals surface area contributed by atoms with Crippen molar-refractivity contribution in [3.8, 4) is 11.3 Å². The van der Waals surface area contributed by atoms with E-state index >= 15 is 0 Å². The Morgan fingerprint density at radius 2 is 1.67 bits per heavy atom. The first-order valence-corrected chi connectivity index (χ1v) is 11.8. The van der Waals surface area contributed by atoms with Crippen LogP contribution in [0.5, 0.6) is 0 Å². The molecule has 2 heterocycles. The molecule has 11 heteroatoms. The van der Waals surface area contributed by atoms with E-state index in [1.807, 2.05) is 0 Å². The highest BCUT2D eigenvalue weighted by Crippen LogP contribution is 2.40. The third kappa shape index (κ3) is 5.72. The number of halogens is 6. The summed E-state index contributed by atoms with van der Waals surface area (Å²) in [4.78, 5) is 13.0. The number of ether oxygens (including phenoxy) is 1. The quantitative estimate of drug-likeness (QED) is 0.471. The molecule has 36 heavy (non-hydrogen) atoms. The zero-order valence-electron chi connectivity index (χ0n) is 19.9. The number of amides is 1. The SMILES string of the molecule is Cc1c(C(=O)NCC(C)(O)C2CC2)cc(-c2cc(C(F)(F)F)cc(C(F)(F)F)c2)n1C[C@H]1CCCO1. The summed E-state index contributed by atoms with van der Waals surface area (Å²) in [5.41, 5.74) is -3.71. The topological polar surface area (TPSA) is 63.5 Å². The molecule has 1 unspecified atom stereocenters. The fraction of sp³-hybridized carbons (Fsp3) is 0.560. The van der Waals surface area contributed by atoms with Crippen molar-refractivity contribution in [3.05, 3.63) is 46.6 Å². The van der Waals surface area contributed by atoms with E-state index in [1.165, 1.54) is 6.07 Å². The van der Waals surface area contributed by atoms with Crippen LogP contribution < -0.4 is 5.32 Å². The number of rotatable bonds is 7. The molecule has 2 fully saturated rings. The number of aliphatic hydroxyl groups is 1. The summed E-state index contributed by atoms with van der Waals surface area (Å²) in [6.07, 6.45) is -7.11. The molecule has 1 aromatic heterocycles. The molecule has 2 N–H and O–H groups in total. The van der Waals surface area contributed by atoms with Crippen LogP contribution in [0.4, 0.5) is 26.3 Å². The van der Waals surface area contributed by atoms with Crippen LogP contribution >= 0.6 is 0 Å². The van der Waals surface area contributed by atoms with Gasteiger partial charge >= 0.3 is 12.4 Å². The molecule has 2 aromatic rings. The number of carbonyl (C=O) groups excluding carboxylic acids is 1. The molecular formula is C25H28F6N2O3. The average molecular weight is 518 g/mol. The van der Waals surface area contributed by atoms with E-state index in [2.05, 4.69) is 5.32 Å². The van der Waals surface area contributed by atoms with E-state index in [9.17, 15) is 36.2 Å². The largest absolute Gasteiger partial charge is 0.416 e. The molecule has 1 aromatic carbocycles. The van der Waals surface area contributed by atoms with Crippen LogP contribution in [0.3, 0.4) is 0 Å². The van der Waals surface area contributed by atoms with Gasteiger partial charge in [0.2, 0.25) is 0 Å². The molecule has 0 spiro atoms. The number of carbonyl (C=O) groups is 1. The van der Waals surface area contributed by atoms with Crippen molar-refractivity contribution in [2.24, 2.45) is 5.92 Å². The Balaban J connectivity index is 1.76. The van der Waals surface area contributed by atoms with Crippen molar-refractivity contribution in [2.75, 3.05) is 13.2 Å². The fourth-order valence-electron chi connectivity index (χ4n) is 4.65. The van der Waals surface area contributed by atoms with Gasteiger partial charge in [-0.15, -0.1) is 0 Å². The van der Waals surface area contributed by atoms with Gasteiger partial charge in [-0.05, 0) is 75.3 Å². The predicted octanol–water partition coefficient (Wildman–Crippen LogP) is 5.57. The van der Waals surface area contributed by atoms with Crippen LogP contribution in [0.15, 0.2) is 24.3 Å². The maximum Gasteiger partial charge on any atom is 0.416 e. The lowest BCUT2D eigenvalue weighted by Crippen LogP contribution is -2.42. The lowest BCUT2D eigenvalue weighted by molar-refractivity contribution is -0.143. The highest BCUT2D eigenvalue weighted by molar-refractivity contribution is 5.97. The minimum absolute atomic E-state index is 0.0238. The molecule has 1 saturated heterocycles. The molecule has 1 aliphatic heterocycles. The Morgan fingerprint density at radius 3 is 2.17 bits per heavy atom. The van der Waals surface area contributed by atoms with Crippen LogP contribution in [-0.2, 0) is 23.6 Å². The predicted molar refractivity (Wildman–Crippen MR) is 119 cm³/mol. The molecule has 198 valence electrons. The van der Waals surface area contributed by atoms with Crippen molar-refractivity contribution in [3.63, 3.8) is 0 Å². The number of hydrogen-bond acceptors (Lipinski definition) is 3. The van der Waals surface area contributed by atoms with Gasteiger partial charge in [-0.3, -0.25) is 4.79 Å². The molecule has 4 rings (SSSR count). The summed E-state index contributed by atoms with van der Waals surface area (Å²) in [5, 5.41) is 13.2. The first-order valence-electron chi connectivity index (χ1n) is 11.8. The summed E-state index contributed by atoms with van der Waals surface area (Å²) in [7, 11) is 0. The minimum atomic E-state index is -4.99. The zero-order valence-corrected chi connectivity index (χ0v) is 19.9. The molecule has 1 amide bonds. The first kappa shape index (κ1) is 26.5. The average Bonchev–Trinajstić information content (AvgIpc) is 3.45. The van der Waals surface area contributed by atoms with Crippen LogP contribution in [0.1, 0.15) is 59.8 Å².